The Morgan fingerprint density at radius 3 is 2.36 bits per heavy atom. The van der Waals surface area contributed by atoms with Crippen LogP contribution in [0.25, 0.3) is 0 Å². The third kappa shape index (κ3) is 4.25. The van der Waals surface area contributed by atoms with Gasteiger partial charge in [-0.25, -0.2) is 0 Å². The fourth-order valence-electron chi connectivity index (χ4n) is 6.41. The lowest BCUT2D eigenvalue weighted by molar-refractivity contribution is -0.137. The van der Waals surface area contributed by atoms with Crippen molar-refractivity contribution >= 4 is 17.3 Å². The Hall–Kier alpha value is -1.80. The number of rotatable bonds is 3. The number of nitrogens with zero attached hydrogens (tertiary/aromatic N) is 3. The van der Waals surface area contributed by atoms with E-state index in [2.05, 4.69) is 16.7 Å². The van der Waals surface area contributed by atoms with Gasteiger partial charge in [0, 0.05) is 50.6 Å². The van der Waals surface area contributed by atoms with Gasteiger partial charge in [-0.3, -0.25) is 9.69 Å². The van der Waals surface area contributed by atoms with E-state index in [1.807, 2.05) is 0 Å². The van der Waals surface area contributed by atoms with Gasteiger partial charge in [0.2, 0.25) is 5.91 Å². The molecule has 1 aromatic carbocycles. The Balaban J connectivity index is 1.35. The van der Waals surface area contributed by atoms with Crippen molar-refractivity contribution in [2.45, 2.75) is 70.1 Å². The number of piperidine rings is 1. The summed E-state index contributed by atoms with van der Waals surface area (Å²) in [6, 6.07) is 5.68. The zero-order valence-electron chi connectivity index (χ0n) is 19.4. The molecule has 4 fully saturated rings. The van der Waals surface area contributed by atoms with Gasteiger partial charge in [0.25, 0.3) is 0 Å². The number of amides is 1. The smallest absolute Gasteiger partial charge is 0.381 e. The first-order valence-corrected chi connectivity index (χ1v) is 12.4. The van der Waals surface area contributed by atoms with Crippen LogP contribution in [0.5, 0.6) is 0 Å². The van der Waals surface area contributed by atoms with Crippen molar-refractivity contribution in [3.05, 3.63) is 23.8 Å². The van der Waals surface area contributed by atoms with E-state index in [1.54, 1.807) is 6.07 Å². The van der Waals surface area contributed by atoms with Gasteiger partial charge in [0.1, 0.15) is 0 Å². The minimum atomic E-state index is -4.51. The first-order valence-electron chi connectivity index (χ1n) is 12.4. The molecule has 0 unspecified atom stereocenters. The number of benzene rings is 1. The van der Waals surface area contributed by atoms with E-state index in [4.69, 9.17) is 4.74 Å². The van der Waals surface area contributed by atoms with E-state index in [1.165, 1.54) is 29.9 Å². The topological polar surface area (TPSA) is 36.0 Å². The molecule has 8 heteroatoms. The number of anilines is 2. The predicted molar refractivity (Wildman–Crippen MR) is 122 cm³/mol. The monoisotopic (exact) mass is 465 g/mol. The van der Waals surface area contributed by atoms with Crippen LogP contribution >= 0.6 is 0 Å². The van der Waals surface area contributed by atoms with E-state index < -0.39 is 17.2 Å². The number of halogens is 3. The van der Waals surface area contributed by atoms with Crippen molar-refractivity contribution in [2.24, 2.45) is 5.41 Å². The van der Waals surface area contributed by atoms with E-state index in [9.17, 15) is 18.0 Å². The lowest BCUT2D eigenvalue weighted by Crippen LogP contribution is -2.46. The summed E-state index contributed by atoms with van der Waals surface area (Å²) in [7, 11) is 0. The van der Waals surface area contributed by atoms with Crippen molar-refractivity contribution < 1.29 is 22.7 Å². The van der Waals surface area contributed by atoms with Crippen molar-refractivity contribution in [3.63, 3.8) is 0 Å². The summed E-state index contributed by atoms with van der Waals surface area (Å²) in [5.74, 6) is -0.176. The third-order valence-electron chi connectivity index (χ3n) is 8.44. The molecule has 4 heterocycles. The van der Waals surface area contributed by atoms with Gasteiger partial charge in [-0.2, -0.15) is 13.2 Å². The average Bonchev–Trinajstić information content (AvgIpc) is 3.37. The van der Waals surface area contributed by atoms with Gasteiger partial charge < -0.3 is 14.5 Å². The van der Waals surface area contributed by atoms with Crippen LogP contribution < -0.4 is 9.80 Å². The van der Waals surface area contributed by atoms with Crippen LogP contribution in [0.1, 0.15) is 57.4 Å². The first-order chi connectivity index (χ1) is 15.8. The largest absolute Gasteiger partial charge is 0.418 e. The molecule has 0 N–H and O–H groups in total. The highest BCUT2D eigenvalue weighted by Gasteiger charge is 2.49. The molecule has 1 spiro atoms. The normalized spacial score (nSPS) is 27.2. The molecule has 0 radical (unpaired) electrons. The summed E-state index contributed by atoms with van der Waals surface area (Å²) in [4.78, 5) is 19.2. The summed E-state index contributed by atoms with van der Waals surface area (Å²) in [6.45, 7) is 6.26. The Morgan fingerprint density at radius 1 is 1.00 bits per heavy atom. The molecule has 182 valence electrons. The standard InChI is InChI=1S/C25H34F3N3O2/c1-18-3-2-11-30(18)19-6-12-29(13-7-19)20-4-5-22(21(17-20)25(26,27)28)31-14-8-24(23(31)32)9-15-33-16-10-24/h4-5,17-19H,2-3,6-16H2,1H3/t18-/m0/s1. The molecule has 0 aromatic heterocycles. The quantitative estimate of drug-likeness (QED) is 0.649. The molecule has 1 atom stereocenters. The van der Waals surface area contributed by atoms with Crippen LogP contribution in [-0.2, 0) is 15.7 Å². The SMILES string of the molecule is C[C@H]1CCCN1C1CCN(c2ccc(N3CCC4(CCOCC4)C3=O)c(C(F)(F)F)c2)CC1. The molecule has 4 aliphatic heterocycles. The number of likely N-dealkylation sites (tertiary alicyclic amines) is 1. The minimum absolute atomic E-state index is 0.000365. The van der Waals surface area contributed by atoms with E-state index >= 15 is 0 Å². The summed E-state index contributed by atoms with van der Waals surface area (Å²) in [6.07, 6.45) is 1.68. The molecule has 4 aliphatic rings. The zero-order valence-corrected chi connectivity index (χ0v) is 19.4. The van der Waals surface area contributed by atoms with Crippen LogP contribution in [0.2, 0.25) is 0 Å². The van der Waals surface area contributed by atoms with Crippen molar-refractivity contribution in [3.8, 4) is 0 Å². The maximum Gasteiger partial charge on any atom is 0.418 e. The molecule has 5 nitrogen and oxygen atoms in total. The number of carbonyl (C=O) groups is 1. The summed E-state index contributed by atoms with van der Waals surface area (Å²) < 4.78 is 47.8. The Bertz CT molecular complexity index is 876. The molecule has 0 aliphatic carbocycles. The summed E-state index contributed by atoms with van der Waals surface area (Å²) in [5, 5.41) is 0. The molecule has 4 saturated heterocycles. The second-order valence-electron chi connectivity index (χ2n) is 10.2. The van der Waals surface area contributed by atoms with Gasteiger partial charge in [0.15, 0.2) is 0 Å². The summed E-state index contributed by atoms with van der Waals surface area (Å²) >= 11 is 0. The van der Waals surface area contributed by atoms with E-state index in [0.717, 1.165) is 32.5 Å². The van der Waals surface area contributed by atoms with Gasteiger partial charge in [-0.1, -0.05) is 0 Å². The van der Waals surface area contributed by atoms with Crippen LogP contribution in [-0.4, -0.2) is 62.3 Å². The number of ether oxygens (including phenoxy) is 1. The van der Waals surface area contributed by atoms with Crippen LogP contribution in [0, 0.1) is 5.41 Å². The molecule has 1 aromatic rings. The van der Waals surface area contributed by atoms with Crippen molar-refractivity contribution in [1.82, 2.24) is 4.90 Å². The van der Waals surface area contributed by atoms with Crippen LogP contribution in [0.4, 0.5) is 24.5 Å². The molecular formula is C25H34F3N3O2. The molecule has 33 heavy (non-hydrogen) atoms. The van der Waals surface area contributed by atoms with E-state index in [0.29, 0.717) is 56.8 Å². The Kier molecular flexibility index (Phi) is 6.10. The predicted octanol–water partition coefficient (Wildman–Crippen LogP) is 4.69. The van der Waals surface area contributed by atoms with Crippen LogP contribution in [0.3, 0.4) is 0 Å². The van der Waals surface area contributed by atoms with Gasteiger partial charge in [-0.05, 0) is 76.6 Å². The van der Waals surface area contributed by atoms with Crippen LogP contribution in [0.15, 0.2) is 18.2 Å². The molecular weight excluding hydrogens is 431 g/mol. The zero-order chi connectivity index (χ0) is 23.2. The number of carbonyl (C=O) groups excluding carboxylic acids is 1. The third-order valence-corrected chi connectivity index (χ3v) is 8.44. The van der Waals surface area contributed by atoms with Gasteiger partial charge in [-0.15, -0.1) is 0 Å². The lowest BCUT2D eigenvalue weighted by atomic mass is 9.79. The number of hydrogen-bond acceptors (Lipinski definition) is 4. The van der Waals surface area contributed by atoms with Crippen molar-refractivity contribution in [2.75, 3.05) is 49.2 Å². The Labute approximate surface area is 193 Å². The Morgan fingerprint density at radius 2 is 1.73 bits per heavy atom. The molecule has 0 saturated carbocycles. The second kappa shape index (κ2) is 8.77. The average molecular weight is 466 g/mol. The second-order valence-corrected chi connectivity index (χ2v) is 10.2. The van der Waals surface area contributed by atoms with Gasteiger partial charge in [0.05, 0.1) is 16.7 Å². The molecule has 1 amide bonds. The lowest BCUT2D eigenvalue weighted by Gasteiger charge is -2.40. The fourth-order valence-corrected chi connectivity index (χ4v) is 6.41. The molecule has 0 bridgehead atoms. The highest BCUT2D eigenvalue weighted by Crippen LogP contribution is 2.46. The van der Waals surface area contributed by atoms with E-state index in [-0.39, 0.29) is 11.6 Å². The molecule has 5 rings (SSSR count). The number of hydrogen-bond donors (Lipinski definition) is 0. The maximum absolute atomic E-state index is 14.1. The highest BCUT2D eigenvalue weighted by atomic mass is 19.4. The van der Waals surface area contributed by atoms with Crippen molar-refractivity contribution in [1.29, 1.82) is 0 Å². The first kappa shape index (κ1) is 23.0. The maximum atomic E-state index is 14.1. The van der Waals surface area contributed by atoms with Gasteiger partial charge >= 0.3 is 6.18 Å². The minimum Gasteiger partial charge on any atom is -0.381 e. The fraction of sp³-hybridized carbons (Fsp3) is 0.720. The number of alkyl halides is 3. The summed E-state index contributed by atoms with van der Waals surface area (Å²) in [5.41, 5.74) is -0.659. The highest BCUT2D eigenvalue weighted by molar-refractivity contribution is 6.00.